The van der Waals surface area contributed by atoms with Gasteiger partial charge in [-0.25, -0.2) is 4.39 Å². The molecule has 4 rings (SSSR count). The van der Waals surface area contributed by atoms with Gasteiger partial charge in [-0.15, -0.1) is 11.3 Å². The van der Waals surface area contributed by atoms with Crippen LogP contribution in [0.5, 0.6) is 0 Å². The maximum Gasteiger partial charge on any atom is 0.236 e. The number of para-hydroxylation sites is 1. The van der Waals surface area contributed by atoms with Gasteiger partial charge in [0.05, 0.1) is 12.2 Å². The summed E-state index contributed by atoms with van der Waals surface area (Å²) in [7, 11) is 0. The van der Waals surface area contributed by atoms with Crippen molar-refractivity contribution < 1.29 is 9.18 Å². The van der Waals surface area contributed by atoms with Crippen LogP contribution in [0.4, 0.5) is 10.1 Å². The second kappa shape index (κ2) is 9.69. The van der Waals surface area contributed by atoms with Gasteiger partial charge in [0.15, 0.2) is 0 Å². The number of nitrogens with zero attached hydrogens (tertiary/aromatic N) is 4. The zero-order valence-electron chi connectivity index (χ0n) is 16.8. The third-order valence-corrected chi connectivity index (χ3v) is 6.84. The van der Waals surface area contributed by atoms with Gasteiger partial charge < -0.3 is 14.7 Å². The van der Waals surface area contributed by atoms with Crippen LogP contribution in [0.1, 0.15) is 4.88 Å². The van der Waals surface area contributed by atoms with Crippen molar-refractivity contribution in [3.05, 3.63) is 52.5 Å². The third kappa shape index (κ3) is 5.35. The molecule has 2 fully saturated rings. The van der Waals surface area contributed by atoms with Crippen LogP contribution in [-0.4, -0.2) is 86.1 Å². The van der Waals surface area contributed by atoms with Crippen LogP contribution < -0.4 is 4.90 Å². The summed E-state index contributed by atoms with van der Waals surface area (Å²) in [6.45, 7) is 8.24. The Hall–Kier alpha value is -1.96. The predicted octanol–water partition coefficient (Wildman–Crippen LogP) is 2.40. The van der Waals surface area contributed by atoms with Gasteiger partial charge in [0.1, 0.15) is 5.82 Å². The summed E-state index contributed by atoms with van der Waals surface area (Å²) in [5.74, 6) is 0.00875. The Bertz CT molecular complexity index is 784. The zero-order chi connectivity index (χ0) is 20.1. The molecule has 0 N–H and O–H groups in total. The van der Waals surface area contributed by atoms with Gasteiger partial charge in [-0.1, -0.05) is 18.2 Å². The Morgan fingerprint density at radius 2 is 1.62 bits per heavy atom. The maximum atomic E-state index is 14.0. The smallest absolute Gasteiger partial charge is 0.236 e. The number of carbonyl (C=O) groups is 1. The molecule has 0 aliphatic carbocycles. The fourth-order valence-electron chi connectivity index (χ4n) is 4.09. The summed E-state index contributed by atoms with van der Waals surface area (Å²) in [6, 6.07) is 11.2. The van der Waals surface area contributed by atoms with Crippen molar-refractivity contribution in [2.45, 2.75) is 6.42 Å². The topological polar surface area (TPSA) is 30.0 Å². The monoisotopic (exact) mass is 416 g/mol. The summed E-state index contributed by atoms with van der Waals surface area (Å²) < 4.78 is 14.0. The minimum Gasteiger partial charge on any atom is -0.366 e. The van der Waals surface area contributed by atoms with Crippen LogP contribution in [0, 0.1) is 5.82 Å². The number of thiophene rings is 1. The molecule has 0 bridgehead atoms. The van der Waals surface area contributed by atoms with Crippen LogP contribution in [0.3, 0.4) is 0 Å². The van der Waals surface area contributed by atoms with E-state index in [0.29, 0.717) is 38.4 Å². The number of amides is 1. The van der Waals surface area contributed by atoms with E-state index in [4.69, 9.17) is 0 Å². The van der Waals surface area contributed by atoms with Gasteiger partial charge in [0.25, 0.3) is 0 Å². The van der Waals surface area contributed by atoms with Gasteiger partial charge in [-0.3, -0.25) is 9.69 Å². The molecular formula is C22H29FN4OS. The third-order valence-electron chi connectivity index (χ3n) is 5.90. The second-order valence-electron chi connectivity index (χ2n) is 7.77. The zero-order valence-corrected chi connectivity index (χ0v) is 17.6. The van der Waals surface area contributed by atoms with Crippen molar-refractivity contribution in [2.75, 3.05) is 70.3 Å². The first-order valence-electron chi connectivity index (χ1n) is 10.4. The molecule has 1 aromatic carbocycles. The summed E-state index contributed by atoms with van der Waals surface area (Å²) in [6.07, 6.45) is 1.11. The number of benzene rings is 1. The summed E-state index contributed by atoms with van der Waals surface area (Å²) >= 11 is 1.82. The van der Waals surface area contributed by atoms with E-state index in [1.54, 1.807) is 6.07 Å². The Morgan fingerprint density at radius 1 is 0.897 bits per heavy atom. The highest BCUT2D eigenvalue weighted by Crippen LogP contribution is 2.20. The Labute approximate surface area is 176 Å². The first kappa shape index (κ1) is 20.3. The number of hydrogen-bond donors (Lipinski definition) is 0. The highest BCUT2D eigenvalue weighted by molar-refractivity contribution is 7.09. The van der Waals surface area contributed by atoms with Crippen LogP contribution in [0.25, 0.3) is 0 Å². The van der Waals surface area contributed by atoms with Crippen molar-refractivity contribution in [2.24, 2.45) is 0 Å². The Morgan fingerprint density at radius 3 is 2.31 bits per heavy atom. The van der Waals surface area contributed by atoms with Gasteiger partial charge in [0, 0.05) is 63.8 Å². The van der Waals surface area contributed by atoms with Gasteiger partial charge in [-0.2, -0.15) is 0 Å². The number of halogens is 1. The molecule has 0 atom stereocenters. The fourth-order valence-corrected chi connectivity index (χ4v) is 4.79. The summed E-state index contributed by atoms with van der Waals surface area (Å²) in [5, 5.41) is 2.13. The number of carbonyl (C=O) groups excluding carboxylic acids is 1. The molecule has 0 saturated carbocycles. The molecular weight excluding hydrogens is 387 g/mol. The lowest BCUT2D eigenvalue weighted by Gasteiger charge is -2.38. The van der Waals surface area contributed by atoms with Crippen molar-refractivity contribution >= 4 is 22.9 Å². The minimum absolute atomic E-state index is 0.191. The van der Waals surface area contributed by atoms with Crippen molar-refractivity contribution in [1.82, 2.24) is 14.7 Å². The van der Waals surface area contributed by atoms with E-state index in [1.807, 2.05) is 33.3 Å². The lowest BCUT2D eigenvalue weighted by molar-refractivity contribution is -0.133. The standard InChI is InChI=1S/C22H29FN4OS/c23-20-5-1-2-6-21(20)26-13-15-27(16-14-26)22(28)18-25-11-9-24(10-12-25)8-7-19-4-3-17-29-19/h1-6,17H,7-16,18H2. The largest absolute Gasteiger partial charge is 0.366 e. The maximum absolute atomic E-state index is 14.0. The highest BCUT2D eigenvalue weighted by Gasteiger charge is 2.25. The molecule has 5 nitrogen and oxygen atoms in total. The highest BCUT2D eigenvalue weighted by atomic mass is 32.1. The van der Waals surface area contributed by atoms with Crippen LogP contribution >= 0.6 is 11.3 Å². The molecule has 2 aliphatic heterocycles. The first-order chi connectivity index (χ1) is 14.2. The van der Waals surface area contributed by atoms with Gasteiger partial charge in [-0.05, 0) is 30.0 Å². The number of rotatable bonds is 6. The number of hydrogen-bond acceptors (Lipinski definition) is 5. The number of anilines is 1. The van der Waals surface area contributed by atoms with Crippen LogP contribution in [0.2, 0.25) is 0 Å². The predicted molar refractivity (Wildman–Crippen MR) is 116 cm³/mol. The van der Waals surface area contributed by atoms with E-state index in [1.165, 1.54) is 10.9 Å². The normalized spacial score (nSPS) is 18.9. The molecule has 1 aromatic heterocycles. The molecule has 156 valence electrons. The molecule has 7 heteroatoms. The molecule has 0 unspecified atom stereocenters. The van der Waals surface area contributed by atoms with E-state index < -0.39 is 0 Å². The van der Waals surface area contributed by atoms with Crippen LogP contribution in [-0.2, 0) is 11.2 Å². The average molecular weight is 417 g/mol. The van der Waals surface area contributed by atoms with E-state index in [2.05, 4.69) is 27.3 Å². The second-order valence-corrected chi connectivity index (χ2v) is 8.80. The lowest BCUT2D eigenvalue weighted by atomic mass is 10.2. The van der Waals surface area contributed by atoms with E-state index in [-0.39, 0.29) is 11.7 Å². The average Bonchev–Trinajstić information content (AvgIpc) is 3.27. The Balaban J connectivity index is 1.17. The van der Waals surface area contributed by atoms with Gasteiger partial charge in [0.2, 0.25) is 5.91 Å². The lowest BCUT2D eigenvalue weighted by Crippen LogP contribution is -2.54. The molecule has 0 radical (unpaired) electrons. The number of piperazine rings is 2. The van der Waals surface area contributed by atoms with E-state index in [9.17, 15) is 9.18 Å². The quantitative estimate of drug-likeness (QED) is 0.724. The summed E-state index contributed by atoms with van der Waals surface area (Å²) in [5.41, 5.74) is 0.637. The van der Waals surface area contributed by atoms with Gasteiger partial charge >= 0.3 is 0 Å². The molecule has 29 heavy (non-hydrogen) atoms. The van der Waals surface area contributed by atoms with E-state index >= 15 is 0 Å². The molecule has 2 aromatic rings. The fraction of sp³-hybridized carbons (Fsp3) is 0.500. The van der Waals surface area contributed by atoms with Crippen molar-refractivity contribution in [1.29, 1.82) is 0 Å². The summed E-state index contributed by atoms with van der Waals surface area (Å²) in [4.78, 5) is 22.9. The van der Waals surface area contributed by atoms with E-state index in [0.717, 1.165) is 39.1 Å². The molecule has 1 amide bonds. The van der Waals surface area contributed by atoms with Crippen molar-refractivity contribution in [3.8, 4) is 0 Å². The Kier molecular flexibility index (Phi) is 6.79. The molecule has 2 saturated heterocycles. The van der Waals surface area contributed by atoms with Crippen molar-refractivity contribution in [3.63, 3.8) is 0 Å². The molecule has 0 spiro atoms. The first-order valence-corrected chi connectivity index (χ1v) is 11.3. The minimum atomic E-state index is -0.191. The van der Waals surface area contributed by atoms with Crippen LogP contribution in [0.15, 0.2) is 41.8 Å². The SMILES string of the molecule is O=C(CN1CCN(CCc2cccs2)CC1)N1CCN(c2ccccc2F)CC1. The molecule has 2 aliphatic rings. The molecule has 3 heterocycles.